The van der Waals surface area contributed by atoms with Crippen LogP contribution in [0.25, 0.3) is 0 Å². The maximum atomic E-state index is 13.7. The van der Waals surface area contributed by atoms with Crippen LogP contribution in [-0.4, -0.2) is 41.9 Å². The van der Waals surface area contributed by atoms with Crippen molar-refractivity contribution in [2.24, 2.45) is 11.1 Å². The number of hydrogen-bond donors (Lipinski definition) is 2. The number of piperidine rings is 1. The van der Waals surface area contributed by atoms with E-state index in [-0.39, 0.29) is 35.3 Å². The molecule has 0 radical (unpaired) electrons. The van der Waals surface area contributed by atoms with Crippen molar-refractivity contribution in [3.63, 3.8) is 0 Å². The molecule has 1 saturated heterocycles. The van der Waals surface area contributed by atoms with Crippen LogP contribution in [0.15, 0.2) is 18.2 Å². The van der Waals surface area contributed by atoms with Crippen molar-refractivity contribution >= 4 is 24.2 Å². The molecule has 1 aromatic carbocycles. The summed E-state index contributed by atoms with van der Waals surface area (Å²) in [5.74, 6) is -2.28. The molecule has 1 aliphatic rings. The fourth-order valence-electron chi connectivity index (χ4n) is 2.75. The summed E-state index contributed by atoms with van der Waals surface area (Å²) < 4.78 is 26.6. The lowest BCUT2D eigenvalue weighted by Gasteiger charge is -2.36. The van der Waals surface area contributed by atoms with Gasteiger partial charge in [-0.2, -0.15) is 0 Å². The van der Waals surface area contributed by atoms with Gasteiger partial charge < -0.3 is 16.0 Å². The highest BCUT2D eigenvalue weighted by Gasteiger charge is 2.33. The van der Waals surface area contributed by atoms with Crippen LogP contribution >= 0.6 is 12.4 Å². The predicted molar refractivity (Wildman–Crippen MR) is 98.1 cm³/mol. The van der Waals surface area contributed by atoms with Crippen molar-refractivity contribution in [2.75, 3.05) is 13.1 Å². The Labute approximate surface area is 158 Å². The average Bonchev–Trinajstić information content (AvgIpc) is 2.53. The number of benzene rings is 1. The molecule has 1 heterocycles. The van der Waals surface area contributed by atoms with Gasteiger partial charge in [0.15, 0.2) is 0 Å². The highest BCUT2D eigenvalue weighted by atomic mass is 35.5. The number of carbonyl (C=O) groups is 2. The summed E-state index contributed by atoms with van der Waals surface area (Å²) >= 11 is 0. The normalized spacial score (nSPS) is 16.6. The highest BCUT2D eigenvalue weighted by Crippen LogP contribution is 2.21. The molecule has 0 aromatic heterocycles. The highest BCUT2D eigenvalue weighted by molar-refractivity contribution is 5.94. The summed E-state index contributed by atoms with van der Waals surface area (Å²) in [5.41, 5.74) is 5.51. The van der Waals surface area contributed by atoms with E-state index < -0.39 is 23.6 Å². The van der Waals surface area contributed by atoms with Crippen molar-refractivity contribution in [2.45, 2.75) is 45.7 Å². The van der Waals surface area contributed by atoms with Crippen LogP contribution in [-0.2, 0) is 4.79 Å². The number of nitrogens with zero attached hydrogens (tertiary/aromatic N) is 1. The van der Waals surface area contributed by atoms with Gasteiger partial charge in [-0.3, -0.25) is 9.59 Å². The van der Waals surface area contributed by atoms with Gasteiger partial charge in [0, 0.05) is 25.2 Å². The third-order valence-corrected chi connectivity index (χ3v) is 4.52. The predicted octanol–water partition coefficient (Wildman–Crippen LogP) is 2.48. The zero-order valence-corrected chi connectivity index (χ0v) is 16.0. The first-order chi connectivity index (χ1) is 11.6. The van der Waals surface area contributed by atoms with Gasteiger partial charge in [0.25, 0.3) is 5.91 Å². The summed E-state index contributed by atoms with van der Waals surface area (Å²) in [5, 5.41) is 2.74. The SMILES string of the molecule is CC(C)(C)C(N)C(=O)N1CCC(NC(=O)c2ccc(F)cc2F)CC1.Cl. The van der Waals surface area contributed by atoms with Gasteiger partial charge in [0.2, 0.25) is 5.91 Å². The Balaban J connectivity index is 0.00000338. The van der Waals surface area contributed by atoms with Gasteiger partial charge >= 0.3 is 0 Å². The molecule has 0 spiro atoms. The van der Waals surface area contributed by atoms with Crippen LogP contribution < -0.4 is 11.1 Å². The molecule has 0 saturated carbocycles. The molecule has 26 heavy (non-hydrogen) atoms. The lowest BCUT2D eigenvalue weighted by Crippen LogP contribution is -2.54. The number of likely N-dealkylation sites (tertiary alicyclic amines) is 1. The van der Waals surface area contributed by atoms with E-state index >= 15 is 0 Å². The van der Waals surface area contributed by atoms with E-state index in [9.17, 15) is 18.4 Å². The molecule has 2 rings (SSSR count). The Kier molecular flexibility index (Phi) is 7.53. The molecule has 146 valence electrons. The van der Waals surface area contributed by atoms with E-state index in [1.165, 1.54) is 0 Å². The molecular weight excluding hydrogens is 364 g/mol. The molecule has 0 aliphatic carbocycles. The molecule has 1 unspecified atom stereocenters. The second-order valence-electron chi connectivity index (χ2n) is 7.54. The number of halogens is 3. The minimum atomic E-state index is -0.888. The quantitative estimate of drug-likeness (QED) is 0.833. The maximum Gasteiger partial charge on any atom is 0.254 e. The smallest absolute Gasteiger partial charge is 0.254 e. The summed E-state index contributed by atoms with van der Waals surface area (Å²) in [6.07, 6.45) is 1.13. The van der Waals surface area contributed by atoms with Crippen molar-refractivity contribution in [1.29, 1.82) is 0 Å². The minimum absolute atomic E-state index is 0. The molecule has 0 bridgehead atoms. The molecule has 1 fully saturated rings. The third kappa shape index (κ3) is 5.38. The Bertz CT molecular complexity index is 656. The lowest BCUT2D eigenvalue weighted by molar-refractivity contribution is -0.136. The van der Waals surface area contributed by atoms with Crippen LogP contribution in [0, 0.1) is 17.0 Å². The van der Waals surface area contributed by atoms with Crippen LogP contribution in [0.1, 0.15) is 44.0 Å². The summed E-state index contributed by atoms with van der Waals surface area (Å²) in [6.45, 7) is 6.72. The standard InChI is InChI=1S/C18H25F2N3O2.ClH/c1-18(2,3)15(21)17(25)23-8-6-12(7-9-23)22-16(24)13-5-4-11(19)10-14(13)20;/h4-5,10,12,15H,6-9,21H2,1-3H3,(H,22,24);1H. The van der Waals surface area contributed by atoms with Gasteiger partial charge in [0.1, 0.15) is 11.6 Å². The topological polar surface area (TPSA) is 75.4 Å². The van der Waals surface area contributed by atoms with Gasteiger partial charge in [-0.05, 0) is 30.4 Å². The fraction of sp³-hybridized carbons (Fsp3) is 0.556. The van der Waals surface area contributed by atoms with Crippen molar-refractivity contribution in [3.05, 3.63) is 35.4 Å². The van der Waals surface area contributed by atoms with Crippen molar-refractivity contribution in [3.8, 4) is 0 Å². The van der Waals surface area contributed by atoms with Crippen molar-refractivity contribution < 1.29 is 18.4 Å². The fourth-order valence-corrected chi connectivity index (χ4v) is 2.75. The van der Waals surface area contributed by atoms with Crippen LogP contribution in [0.3, 0.4) is 0 Å². The van der Waals surface area contributed by atoms with E-state index in [0.29, 0.717) is 32.0 Å². The van der Waals surface area contributed by atoms with Crippen LogP contribution in [0.2, 0.25) is 0 Å². The molecule has 1 atom stereocenters. The average molecular weight is 390 g/mol. The monoisotopic (exact) mass is 389 g/mol. The Morgan fingerprint density at radius 2 is 1.81 bits per heavy atom. The molecule has 1 aliphatic heterocycles. The third-order valence-electron chi connectivity index (χ3n) is 4.52. The Morgan fingerprint density at radius 1 is 1.23 bits per heavy atom. The van der Waals surface area contributed by atoms with E-state index in [2.05, 4.69) is 5.32 Å². The molecule has 5 nitrogen and oxygen atoms in total. The van der Waals surface area contributed by atoms with Gasteiger partial charge in [-0.1, -0.05) is 20.8 Å². The number of hydrogen-bond acceptors (Lipinski definition) is 3. The first-order valence-corrected chi connectivity index (χ1v) is 8.40. The lowest BCUT2D eigenvalue weighted by atomic mass is 9.86. The molecule has 3 N–H and O–H groups in total. The molecular formula is C18H26ClF2N3O2. The van der Waals surface area contributed by atoms with Gasteiger partial charge in [-0.15, -0.1) is 12.4 Å². The van der Waals surface area contributed by atoms with E-state index in [1.54, 1.807) is 4.90 Å². The molecule has 1 aromatic rings. The number of rotatable bonds is 3. The summed E-state index contributed by atoms with van der Waals surface area (Å²) in [6, 6.07) is 2.12. The zero-order valence-electron chi connectivity index (χ0n) is 15.2. The van der Waals surface area contributed by atoms with E-state index in [0.717, 1.165) is 12.1 Å². The first kappa shape index (κ1) is 22.3. The van der Waals surface area contributed by atoms with Gasteiger partial charge in [-0.25, -0.2) is 8.78 Å². The molecule has 8 heteroatoms. The largest absolute Gasteiger partial charge is 0.349 e. The van der Waals surface area contributed by atoms with Crippen molar-refractivity contribution in [1.82, 2.24) is 10.2 Å². The number of nitrogens with two attached hydrogens (primary N) is 1. The maximum absolute atomic E-state index is 13.7. The Hall–Kier alpha value is -1.73. The first-order valence-electron chi connectivity index (χ1n) is 8.40. The number of nitrogens with one attached hydrogen (secondary N) is 1. The minimum Gasteiger partial charge on any atom is -0.349 e. The van der Waals surface area contributed by atoms with Gasteiger partial charge in [0.05, 0.1) is 11.6 Å². The van der Waals surface area contributed by atoms with Crippen LogP contribution in [0.4, 0.5) is 8.78 Å². The Morgan fingerprint density at radius 3 is 2.31 bits per heavy atom. The summed E-state index contributed by atoms with van der Waals surface area (Å²) in [7, 11) is 0. The number of carbonyl (C=O) groups excluding carboxylic acids is 2. The zero-order chi connectivity index (χ0) is 18.8. The van der Waals surface area contributed by atoms with E-state index in [1.807, 2.05) is 20.8 Å². The summed E-state index contributed by atoms with van der Waals surface area (Å²) in [4.78, 5) is 26.2. The second-order valence-corrected chi connectivity index (χ2v) is 7.54. The van der Waals surface area contributed by atoms with Crippen LogP contribution in [0.5, 0.6) is 0 Å². The number of amides is 2. The second kappa shape index (κ2) is 8.77. The molecule has 2 amide bonds. The van der Waals surface area contributed by atoms with E-state index in [4.69, 9.17) is 5.73 Å².